The molecule has 2 amide bonds. The fourth-order valence-electron chi connectivity index (χ4n) is 4.15. The van der Waals surface area contributed by atoms with Crippen molar-refractivity contribution in [3.63, 3.8) is 0 Å². The Morgan fingerprint density at radius 3 is 2.76 bits per heavy atom. The van der Waals surface area contributed by atoms with Crippen LogP contribution in [0.3, 0.4) is 0 Å². The lowest BCUT2D eigenvalue weighted by atomic mass is 9.92. The minimum atomic E-state index is -0.0217. The maximum absolute atomic E-state index is 12.1. The number of aryl methyl sites for hydroxylation is 1. The molecule has 0 spiro atoms. The van der Waals surface area contributed by atoms with Gasteiger partial charge in [-0.05, 0) is 63.6 Å². The Morgan fingerprint density at radius 1 is 1.24 bits per heavy atom. The van der Waals surface area contributed by atoms with Crippen LogP contribution >= 0.6 is 0 Å². The van der Waals surface area contributed by atoms with E-state index in [-0.39, 0.29) is 11.4 Å². The average molecular weight is 344 g/mol. The van der Waals surface area contributed by atoms with Gasteiger partial charge >= 0.3 is 6.03 Å². The molecule has 3 rings (SSSR count). The highest BCUT2D eigenvalue weighted by molar-refractivity contribution is 5.74. The summed E-state index contributed by atoms with van der Waals surface area (Å²) in [6.45, 7) is 8.29. The van der Waals surface area contributed by atoms with Crippen molar-refractivity contribution in [1.29, 1.82) is 0 Å². The normalized spacial score (nSPS) is 22.4. The van der Waals surface area contributed by atoms with Crippen molar-refractivity contribution in [2.75, 3.05) is 26.2 Å². The fraction of sp³-hybridized carbons (Fsp3) is 0.667. The molecule has 2 N–H and O–H groups in total. The summed E-state index contributed by atoms with van der Waals surface area (Å²) in [6.07, 6.45) is 7.37. The monoisotopic (exact) mass is 343 g/mol. The van der Waals surface area contributed by atoms with Crippen LogP contribution < -0.4 is 10.6 Å². The molecular weight excluding hydrogens is 310 g/mol. The summed E-state index contributed by atoms with van der Waals surface area (Å²) in [4.78, 5) is 14.7. The van der Waals surface area contributed by atoms with E-state index >= 15 is 0 Å². The number of carbonyl (C=O) groups excluding carboxylic acids is 1. The molecule has 4 heteroatoms. The van der Waals surface area contributed by atoms with Crippen molar-refractivity contribution >= 4 is 6.03 Å². The Kier molecular flexibility index (Phi) is 6.00. The average Bonchev–Trinajstić information content (AvgIpc) is 3.40. The van der Waals surface area contributed by atoms with Crippen LogP contribution in [-0.2, 0) is 5.41 Å². The number of nitrogens with zero attached hydrogens (tertiary/aromatic N) is 1. The van der Waals surface area contributed by atoms with Gasteiger partial charge in [-0.25, -0.2) is 4.79 Å². The zero-order chi connectivity index (χ0) is 17.7. The molecule has 1 aromatic carbocycles. The van der Waals surface area contributed by atoms with E-state index in [0.29, 0.717) is 6.04 Å². The van der Waals surface area contributed by atoms with Crippen molar-refractivity contribution in [3.8, 4) is 0 Å². The molecule has 1 saturated heterocycles. The van der Waals surface area contributed by atoms with Gasteiger partial charge in [0.2, 0.25) is 0 Å². The molecule has 0 aromatic heterocycles. The minimum Gasteiger partial charge on any atom is -0.338 e. The highest BCUT2D eigenvalue weighted by Gasteiger charge is 2.45. The molecule has 0 bridgehead atoms. The van der Waals surface area contributed by atoms with E-state index in [1.165, 1.54) is 49.8 Å². The van der Waals surface area contributed by atoms with Crippen molar-refractivity contribution in [1.82, 2.24) is 15.5 Å². The van der Waals surface area contributed by atoms with E-state index in [0.717, 1.165) is 26.1 Å². The predicted octanol–water partition coefficient (Wildman–Crippen LogP) is 3.59. The summed E-state index contributed by atoms with van der Waals surface area (Å²) in [6, 6.07) is 9.24. The molecule has 2 aliphatic rings. The van der Waals surface area contributed by atoms with Crippen molar-refractivity contribution in [3.05, 3.63) is 35.4 Å². The van der Waals surface area contributed by atoms with Gasteiger partial charge in [-0.1, -0.05) is 30.7 Å². The molecule has 1 aromatic rings. The fourth-order valence-corrected chi connectivity index (χ4v) is 4.15. The number of nitrogens with one attached hydrogen (secondary N) is 2. The molecule has 1 aliphatic carbocycles. The van der Waals surface area contributed by atoms with Crippen LogP contribution in [0.2, 0.25) is 0 Å². The van der Waals surface area contributed by atoms with Crippen LogP contribution in [0.1, 0.15) is 56.6 Å². The highest BCUT2D eigenvalue weighted by atomic mass is 16.2. The van der Waals surface area contributed by atoms with E-state index in [1.807, 2.05) is 0 Å². The highest BCUT2D eigenvalue weighted by Crippen LogP contribution is 2.48. The van der Waals surface area contributed by atoms with Gasteiger partial charge in [0.15, 0.2) is 0 Å². The van der Waals surface area contributed by atoms with Gasteiger partial charge in [0.1, 0.15) is 0 Å². The van der Waals surface area contributed by atoms with Gasteiger partial charge in [-0.3, -0.25) is 0 Å². The maximum Gasteiger partial charge on any atom is 0.314 e. The molecule has 1 saturated carbocycles. The topological polar surface area (TPSA) is 44.4 Å². The lowest BCUT2D eigenvalue weighted by Crippen LogP contribution is -2.42. The predicted molar refractivity (Wildman–Crippen MR) is 103 cm³/mol. The number of likely N-dealkylation sites (tertiary alicyclic amines) is 1. The van der Waals surface area contributed by atoms with Gasteiger partial charge in [0.25, 0.3) is 0 Å². The van der Waals surface area contributed by atoms with Crippen molar-refractivity contribution < 1.29 is 4.79 Å². The summed E-state index contributed by atoms with van der Waals surface area (Å²) < 4.78 is 0. The van der Waals surface area contributed by atoms with Gasteiger partial charge in [0.05, 0.1) is 0 Å². The maximum atomic E-state index is 12.1. The van der Waals surface area contributed by atoms with Crippen LogP contribution in [0.4, 0.5) is 4.79 Å². The van der Waals surface area contributed by atoms with Crippen LogP contribution in [-0.4, -0.2) is 43.2 Å². The zero-order valence-corrected chi connectivity index (χ0v) is 15.8. The van der Waals surface area contributed by atoms with E-state index in [1.54, 1.807) is 0 Å². The van der Waals surface area contributed by atoms with Crippen LogP contribution in [0, 0.1) is 6.92 Å². The van der Waals surface area contributed by atoms with E-state index in [2.05, 4.69) is 53.6 Å². The summed E-state index contributed by atoms with van der Waals surface area (Å²) in [7, 11) is 0. The Hall–Kier alpha value is -1.55. The lowest BCUT2D eigenvalue weighted by Gasteiger charge is -2.33. The Balaban J connectivity index is 1.35. The number of hydrogen-bond acceptors (Lipinski definition) is 2. The van der Waals surface area contributed by atoms with Crippen molar-refractivity contribution in [2.24, 2.45) is 0 Å². The second-order valence-electron chi connectivity index (χ2n) is 7.94. The second-order valence-corrected chi connectivity index (χ2v) is 7.94. The van der Waals surface area contributed by atoms with Crippen LogP contribution in [0.25, 0.3) is 0 Å². The Labute approximate surface area is 152 Å². The van der Waals surface area contributed by atoms with Gasteiger partial charge in [-0.15, -0.1) is 0 Å². The quantitative estimate of drug-likeness (QED) is 0.743. The third kappa shape index (κ3) is 4.75. The first-order chi connectivity index (χ1) is 12.1. The molecule has 1 heterocycles. The van der Waals surface area contributed by atoms with Crippen LogP contribution in [0.15, 0.2) is 24.3 Å². The number of hydrogen-bond donors (Lipinski definition) is 2. The molecule has 2 fully saturated rings. The summed E-state index contributed by atoms with van der Waals surface area (Å²) in [5.74, 6) is 0. The SMILES string of the molecule is Cc1ccccc1C1(CNC(=O)NCCCN2CCCCC2C)CC1. The molecule has 4 nitrogen and oxygen atoms in total. The minimum absolute atomic E-state index is 0.0217. The Morgan fingerprint density at radius 2 is 2.04 bits per heavy atom. The number of urea groups is 1. The van der Waals surface area contributed by atoms with E-state index < -0.39 is 0 Å². The summed E-state index contributed by atoms with van der Waals surface area (Å²) in [5, 5.41) is 6.12. The van der Waals surface area contributed by atoms with Gasteiger partial charge in [0, 0.05) is 31.1 Å². The largest absolute Gasteiger partial charge is 0.338 e. The first kappa shape index (κ1) is 18.2. The van der Waals surface area contributed by atoms with E-state index in [4.69, 9.17) is 0 Å². The second kappa shape index (κ2) is 8.22. The number of benzene rings is 1. The summed E-state index contributed by atoms with van der Waals surface area (Å²) >= 11 is 0. The molecular formula is C21H33N3O. The number of rotatable bonds is 7. The third-order valence-electron chi connectivity index (χ3n) is 6.01. The molecule has 1 aliphatic heterocycles. The van der Waals surface area contributed by atoms with Gasteiger partial charge in [-0.2, -0.15) is 0 Å². The van der Waals surface area contributed by atoms with Crippen molar-refractivity contribution in [2.45, 2.75) is 63.8 Å². The Bertz CT molecular complexity index is 582. The smallest absolute Gasteiger partial charge is 0.314 e. The first-order valence-corrected chi connectivity index (χ1v) is 9.93. The molecule has 0 radical (unpaired) electrons. The molecule has 138 valence electrons. The van der Waals surface area contributed by atoms with Crippen LogP contribution in [0.5, 0.6) is 0 Å². The van der Waals surface area contributed by atoms with Gasteiger partial charge < -0.3 is 15.5 Å². The number of amides is 2. The third-order valence-corrected chi connectivity index (χ3v) is 6.01. The van der Waals surface area contributed by atoms with E-state index in [9.17, 15) is 4.79 Å². The standard InChI is InChI=1S/C21H33N3O/c1-17-8-3-4-10-19(17)21(11-12-21)16-23-20(25)22-13-7-15-24-14-6-5-9-18(24)2/h3-4,8,10,18H,5-7,9,11-16H2,1-2H3,(H2,22,23,25). The number of piperidine rings is 1. The first-order valence-electron chi connectivity index (χ1n) is 9.93. The molecule has 1 atom stereocenters. The number of carbonyl (C=O) groups is 1. The molecule has 25 heavy (non-hydrogen) atoms. The lowest BCUT2D eigenvalue weighted by molar-refractivity contribution is 0.159. The summed E-state index contributed by atoms with van der Waals surface area (Å²) in [5.41, 5.74) is 2.90. The molecule has 1 unspecified atom stereocenters. The zero-order valence-electron chi connectivity index (χ0n) is 15.8.